The molecule has 0 amide bonds. The first-order chi connectivity index (χ1) is 7.36. The van der Waals surface area contributed by atoms with Gasteiger partial charge in [-0.05, 0) is 55.7 Å². The SMILES string of the molecule is C/C=C(/CC)C1=CCCCC2=C1NCC2. The van der Waals surface area contributed by atoms with Gasteiger partial charge in [-0.15, -0.1) is 0 Å². The zero-order valence-corrected chi connectivity index (χ0v) is 9.90. The first kappa shape index (κ1) is 10.5. The highest BCUT2D eigenvalue weighted by Crippen LogP contribution is 2.33. The van der Waals surface area contributed by atoms with E-state index in [1.807, 2.05) is 0 Å². The van der Waals surface area contributed by atoms with Crippen LogP contribution in [0.2, 0.25) is 0 Å². The van der Waals surface area contributed by atoms with E-state index in [0.29, 0.717) is 0 Å². The standard InChI is InChI=1S/C14H21N/c1-3-11(4-2)13-8-6-5-7-12-9-10-15-14(12)13/h3,8,15H,4-7,9-10H2,1-2H3/b11-3-. The normalized spacial score (nSPS) is 22.0. The third-order valence-corrected chi connectivity index (χ3v) is 3.46. The van der Waals surface area contributed by atoms with E-state index in [2.05, 4.69) is 31.3 Å². The van der Waals surface area contributed by atoms with Gasteiger partial charge in [-0.3, -0.25) is 0 Å². The van der Waals surface area contributed by atoms with Gasteiger partial charge in [0.2, 0.25) is 0 Å². The molecule has 0 saturated carbocycles. The van der Waals surface area contributed by atoms with Gasteiger partial charge in [-0.1, -0.05) is 19.1 Å². The molecule has 0 spiro atoms. The molecule has 1 heteroatoms. The third kappa shape index (κ3) is 2.01. The Morgan fingerprint density at radius 2 is 2.33 bits per heavy atom. The lowest BCUT2D eigenvalue weighted by Gasteiger charge is -2.13. The lowest BCUT2D eigenvalue weighted by Crippen LogP contribution is -2.10. The molecule has 0 aromatic rings. The van der Waals surface area contributed by atoms with Crippen LogP contribution in [-0.4, -0.2) is 6.54 Å². The fourth-order valence-corrected chi connectivity index (χ4v) is 2.63. The van der Waals surface area contributed by atoms with Crippen LogP contribution in [0.15, 0.2) is 34.6 Å². The third-order valence-electron chi connectivity index (χ3n) is 3.46. The van der Waals surface area contributed by atoms with E-state index in [4.69, 9.17) is 0 Å². The van der Waals surface area contributed by atoms with Crippen LogP contribution in [0.5, 0.6) is 0 Å². The Labute approximate surface area is 93.0 Å². The van der Waals surface area contributed by atoms with Crippen molar-refractivity contribution in [3.8, 4) is 0 Å². The molecule has 15 heavy (non-hydrogen) atoms. The molecule has 0 radical (unpaired) electrons. The molecule has 0 aromatic carbocycles. The molecule has 2 rings (SSSR count). The van der Waals surface area contributed by atoms with Crippen LogP contribution in [0.4, 0.5) is 0 Å². The van der Waals surface area contributed by atoms with Crippen molar-refractivity contribution < 1.29 is 0 Å². The number of nitrogens with one attached hydrogen (secondary N) is 1. The van der Waals surface area contributed by atoms with E-state index in [1.165, 1.54) is 42.5 Å². The molecule has 2 aliphatic rings. The summed E-state index contributed by atoms with van der Waals surface area (Å²) < 4.78 is 0. The lowest BCUT2D eigenvalue weighted by atomic mass is 9.98. The maximum absolute atomic E-state index is 3.57. The summed E-state index contributed by atoms with van der Waals surface area (Å²) in [5.41, 5.74) is 6.11. The van der Waals surface area contributed by atoms with Crippen molar-refractivity contribution in [2.75, 3.05) is 6.54 Å². The highest BCUT2D eigenvalue weighted by Gasteiger charge is 2.20. The minimum atomic E-state index is 1.14. The maximum atomic E-state index is 3.57. The van der Waals surface area contributed by atoms with Crippen molar-refractivity contribution in [3.63, 3.8) is 0 Å². The molecule has 0 atom stereocenters. The zero-order chi connectivity index (χ0) is 10.7. The molecule has 0 bridgehead atoms. The Bertz CT molecular complexity index is 331. The quantitative estimate of drug-likeness (QED) is 0.721. The van der Waals surface area contributed by atoms with Gasteiger partial charge in [0, 0.05) is 12.2 Å². The average Bonchev–Trinajstić information content (AvgIpc) is 2.63. The molecule has 1 nitrogen and oxygen atoms in total. The van der Waals surface area contributed by atoms with E-state index in [1.54, 1.807) is 5.57 Å². The van der Waals surface area contributed by atoms with Crippen LogP contribution in [0.3, 0.4) is 0 Å². The summed E-state index contributed by atoms with van der Waals surface area (Å²) in [6, 6.07) is 0. The smallest absolute Gasteiger partial charge is 0.0405 e. The van der Waals surface area contributed by atoms with E-state index in [0.717, 1.165) is 13.0 Å². The fraction of sp³-hybridized carbons (Fsp3) is 0.571. The molecule has 0 unspecified atom stereocenters. The minimum absolute atomic E-state index is 1.14. The Hall–Kier alpha value is -0.980. The summed E-state index contributed by atoms with van der Waals surface area (Å²) >= 11 is 0. The highest BCUT2D eigenvalue weighted by molar-refractivity contribution is 5.50. The van der Waals surface area contributed by atoms with Crippen molar-refractivity contribution in [1.82, 2.24) is 5.32 Å². The lowest BCUT2D eigenvalue weighted by molar-refractivity contribution is 0.798. The van der Waals surface area contributed by atoms with Crippen molar-refractivity contribution in [2.24, 2.45) is 0 Å². The Kier molecular flexibility index (Phi) is 3.30. The van der Waals surface area contributed by atoms with E-state index < -0.39 is 0 Å². The van der Waals surface area contributed by atoms with Gasteiger partial charge < -0.3 is 5.32 Å². The summed E-state index contributed by atoms with van der Waals surface area (Å²) in [4.78, 5) is 0. The van der Waals surface area contributed by atoms with Crippen LogP contribution in [0.25, 0.3) is 0 Å². The van der Waals surface area contributed by atoms with Gasteiger partial charge in [-0.25, -0.2) is 0 Å². The predicted molar refractivity (Wildman–Crippen MR) is 65.6 cm³/mol. The van der Waals surface area contributed by atoms with Crippen molar-refractivity contribution in [3.05, 3.63) is 34.6 Å². The van der Waals surface area contributed by atoms with Gasteiger partial charge in [0.05, 0.1) is 0 Å². The summed E-state index contributed by atoms with van der Waals surface area (Å²) in [5, 5.41) is 3.57. The van der Waals surface area contributed by atoms with Crippen LogP contribution in [0, 0.1) is 0 Å². The fourth-order valence-electron chi connectivity index (χ4n) is 2.63. The van der Waals surface area contributed by atoms with Crippen molar-refractivity contribution >= 4 is 0 Å². The van der Waals surface area contributed by atoms with Gasteiger partial charge in [0.1, 0.15) is 0 Å². The molecule has 1 aliphatic heterocycles. The van der Waals surface area contributed by atoms with Crippen molar-refractivity contribution in [2.45, 2.75) is 46.0 Å². The number of hydrogen-bond acceptors (Lipinski definition) is 1. The first-order valence-corrected chi connectivity index (χ1v) is 6.18. The number of hydrogen-bond donors (Lipinski definition) is 1. The van der Waals surface area contributed by atoms with Gasteiger partial charge >= 0.3 is 0 Å². The second-order valence-electron chi connectivity index (χ2n) is 4.33. The number of rotatable bonds is 2. The van der Waals surface area contributed by atoms with Crippen LogP contribution in [0.1, 0.15) is 46.0 Å². The van der Waals surface area contributed by atoms with Crippen molar-refractivity contribution in [1.29, 1.82) is 0 Å². The predicted octanol–water partition coefficient (Wildman–Crippen LogP) is 3.70. The average molecular weight is 203 g/mol. The van der Waals surface area contributed by atoms with Crippen LogP contribution >= 0.6 is 0 Å². The topological polar surface area (TPSA) is 12.0 Å². The summed E-state index contributed by atoms with van der Waals surface area (Å²) in [6.45, 7) is 5.54. The molecule has 1 N–H and O–H groups in total. The van der Waals surface area contributed by atoms with Gasteiger partial charge in [-0.2, -0.15) is 0 Å². The second-order valence-corrected chi connectivity index (χ2v) is 4.33. The summed E-state index contributed by atoms with van der Waals surface area (Å²) in [7, 11) is 0. The monoisotopic (exact) mass is 203 g/mol. The summed E-state index contributed by atoms with van der Waals surface area (Å²) in [5.74, 6) is 0. The van der Waals surface area contributed by atoms with Gasteiger partial charge in [0.25, 0.3) is 0 Å². The Morgan fingerprint density at radius 3 is 3.07 bits per heavy atom. The second kappa shape index (κ2) is 4.69. The molecule has 0 fully saturated rings. The van der Waals surface area contributed by atoms with E-state index in [9.17, 15) is 0 Å². The first-order valence-electron chi connectivity index (χ1n) is 6.18. The minimum Gasteiger partial charge on any atom is -0.384 e. The van der Waals surface area contributed by atoms with E-state index in [-0.39, 0.29) is 0 Å². The van der Waals surface area contributed by atoms with Crippen LogP contribution < -0.4 is 5.32 Å². The number of allylic oxidation sites excluding steroid dienone is 3. The van der Waals surface area contributed by atoms with E-state index >= 15 is 0 Å². The zero-order valence-electron chi connectivity index (χ0n) is 9.90. The molecule has 1 heterocycles. The van der Waals surface area contributed by atoms with Gasteiger partial charge in [0.15, 0.2) is 0 Å². The highest BCUT2D eigenvalue weighted by atomic mass is 14.9. The molecule has 0 aromatic heterocycles. The molecule has 1 aliphatic carbocycles. The molecular formula is C14H21N. The maximum Gasteiger partial charge on any atom is 0.0405 e. The summed E-state index contributed by atoms with van der Waals surface area (Å²) in [6.07, 6.45) is 10.9. The largest absolute Gasteiger partial charge is 0.384 e. The Balaban J connectivity index is 2.35. The molecule has 82 valence electrons. The molecule has 0 saturated heterocycles. The van der Waals surface area contributed by atoms with Crippen LogP contribution in [-0.2, 0) is 0 Å². The Morgan fingerprint density at radius 1 is 1.47 bits per heavy atom. The molecular weight excluding hydrogens is 182 g/mol.